The summed E-state index contributed by atoms with van der Waals surface area (Å²) >= 11 is 0. The van der Waals surface area contributed by atoms with E-state index in [0.717, 1.165) is 44.0 Å². The number of nitrogens with zero attached hydrogens (tertiary/aromatic N) is 3. The molecule has 0 radical (unpaired) electrons. The van der Waals surface area contributed by atoms with Crippen LogP contribution < -0.4 is 0 Å². The first-order valence-corrected chi connectivity index (χ1v) is 9.82. The second-order valence-corrected chi connectivity index (χ2v) is 8.07. The number of rotatable bonds is 3. The maximum absolute atomic E-state index is 13.2. The molecule has 5 heteroatoms. The van der Waals surface area contributed by atoms with Crippen molar-refractivity contribution in [3.05, 3.63) is 77.5 Å². The molecule has 3 aromatic rings. The van der Waals surface area contributed by atoms with Crippen LogP contribution in [0.15, 0.2) is 54.7 Å². The Bertz CT molecular complexity index is 997. The number of fused-ring (bicyclic) bond motifs is 1. The smallest absolute Gasteiger partial charge is 0.135 e. The van der Waals surface area contributed by atoms with Gasteiger partial charge >= 0.3 is 0 Å². The molecule has 3 heterocycles. The summed E-state index contributed by atoms with van der Waals surface area (Å²) in [7, 11) is 0. The van der Waals surface area contributed by atoms with Crippen molar-refractivity contribution in [1.82, 2.24) is 14.5 Å². The highest BCUT2D eigenvalue weighted by Gasteiger charge is 2.43. The SMILES string of the molecule is Cc1cccc(-c2cnc3n2C[C@@]2(CCN(Cc4ccc(F)cc4)C2)OC3)c1. The number of ether oxygens (including phenoxy) is 1. The van der Waals surface area contributed by atoms with Crippen LogP contribution in [0.25, 0.3) is 11.3 Å². The van der Waals surface area contributed by atoms with Gasteiger partial charge in [0, 0.05) is 25.2 Å². The molecule has 2 aromatic carbocycles. The van der Waals surface area contributed by atoms with Crippen molar-refractivity contribution >= 4 is 0 Å². The van der Waals surface area contributed by atoms with Crippen LogP contribution in [0.4, 0.5) is 4.39 Å². The van der Waals surface area contributed by atoms with Crippen LogP contribution in [0, 0.1) is 12.7 Å². The maximum atomic E-state index is 13.2. The zero-order chi connectivity index (χ0) is 19.1. The molecule has 5 rings (SSSR count). The normalized spacial score (nSPS) is 21.9. The third kappa shape index (κ3) is 3.25. The van der Waals surface area contributed by atoms with Crippen LogP contribution in [0.2, 0.25) is 0 Å². The predicted molar refractivity (Wildman–Crippen MR) is 106 cm³/mol. The first-order valence-electron chi connectivity index (χ1n) is 9.82. The summed E-state index contributed by atoms with van der Waals surface area (Å²) in [6.07, 6.45) is 2.97. The third-order valence-electron chi connectivity index (χ3n) is 5.92. The average molecular weight is 377 g/mol. The van der Waals surface area contributed by atoms with Crippen molar-refractivity contribution in [3.63, 3.8) is 0 Å². The van der Waals surface area contributed by atoms with Gasteiger partial charge in [-0.2, -0.15) is 0 Å². The van der Waals surface area contributed by atoms with Crippen LogP contribution in [0.3, 0.4) is 0 Å². The van der Waals surface area contributed by atoms with Crippen molar-refractivity contribution in [2.24, 2.45) is 0 Å². The van der Waals surface area contributed by atoms with Gasteiger partial charge in [0.25, 0.3) is 0 Å². The minimum Gasteiger partial charge on any atom is -0.364 e. The van der Waals surface area contributed by atoms with Crippen LogP contribution in [-0.2, 0) is 24.4 Å². The van der Waals surface area contributed by atoms with Gasteiger partial charge in [-0.3, -0.25) is 4.90 Å². The molecule has 2 aliphatic rings. The number of aromatic nitrogens is 2. The Kier molecular flexibility index (Phi) is 4.29. The summed E-state index contributed by atoms with van der Waals surface area (Å²) in [5.74, 6) is 0.813. The standard InChI is InChI=1S/C23H24FN3O/c1-17-3-2-4-19(11-17)21-12-25-22-14-28-23(16-27(21)22)9-10-26(15-23)13-18-5-7-20(24)8-6-18/h2-8,11-12H,9-10,13-16H2,1H3/t23-/m0/s1. The van der Waals surface area contributed by atoms with Gasteiger partial charge in [-0.1, -0.05) is 35.9 Å². The fourth-order valence-corrected chi connectivity index (χ4v) is 4.45. The molecular formula is C23H24FN3O. The molecule has 4 nitrogen and oxygen atoms in total. The Hall–Kier alpha value is -2.50. The van der Waals surface area contributed by atoms with Crippen LogP contribution >= 0.6 is 0 Å². The topological polar surface area (TPSA) is 30.3 Å². The van der Waals surface area contributed by atoms with E-state index in [1.54, 1.807) is 0 Å². The highest BCUT2D eigenvalue weighted by molar-refractivity contribution is 5.60. The van der Waals surface area contributed by atoms with Crippen molar-refractivity contribution in [2.45, 2.75) is 38.6 Å². The molecule has 0 saturated carbocycles. The van der Waals surface area contributed by atoms with Gasteiger partial charge in [-0.25, -0.2) is 9.37 Å². The molecule has 1 aromatic heterocycles. The number of benzene rings is 2. The van der Waals surface area contributed by atoms with E-state index >= 15 is 0 Å². The van der Waals surface area contributed by atoms with E-state index < -0.39 is 0 Å². The Morgan fingerprint density at radius 2 is 2.00 bits per heavy atom. The first kappa shape index (κ1) is 17.6. The lowest BCUT2D eigenvalue weighted by Gasteiger charge is -2.35. The van der Waals surface area contributed by atoms with E-state index in [-0.39, 0.29) is 11.4 Å². The molecule has 0 bridgehead atoms. The van der Waals surface area contributed by atoms with Crippen LogP contribution in [0.5, 0.6) is 0 Å². The highest BCUT2D eigenvalue weighted by atomic mass is 19.1. The number of aryl methyl sites for hydroxylation is 1. The van der Waals surface area contributed by atoms with Crippen LogP contribution in [-0.4, -0.2) is 33.1 Å². The van der Waals surface area contributed by atoms with E-state index in [0.29, 0.717) is 6.61 Å². The number of halogens is 1. The molecule has 0 aliphatic carbocycles. The van der Waals surface area contributed by atoms with Gasteiger partial charge in [0.1, 0.15) is 23.8 Å². The number of hydrogen-bond donors (Lipinski definition) is 0. The zero-order valence-corrected chi connectivity index (χ0v) is 16.1. The molecule has 1 saturated heterocycles. The summed E-state index contributed by atoms with van der Waals surface area (Å²) in [5.41, 5.74) is 4.58. The lowest BCUT2D eigenvalue weighted by Crippen LogP contribution is -2.44. The van der Waals surface area contributed by atoms with Gasteiger partial charge in [-0.15, -0.1) is 0 Å². The summed E-state index contributed by atoms with van der Waals surface area (Å²) in [6, 6.07) is 15.4. The Morgan fingerprint density at radius 1 is 1.14 bits per heavy atom. The third-order valence-corrected chi connectivity index (χ3v) is 5.92. The van der Waals surface area contributed by atoms with E-state index in [1.807, 2.05) is 18.3 Å². The van der Waals surface area contributed by atoms with E-state index in [4.69, 9.17) is 4.74 Å². The fraction of sp³-hybridized carbons (Fsp3) is 0.348. The van der Waals surface area contributed by atoms with Crippen molar-refractivity contribution in [1.29, 1.82) is 0 Å². The Balaban J connectivity index is 1.35. The van der Waals surface area contributed by atoms with Crippen LogP contribution in [0.1, 0.15) is 23.4 Å². The predicted octanol–water partition coefficient (Wildman–Crippen LogP) is 4.17. The van der Waals surface area contributed by atoms with E-state index in [9.17, 15) is 4.39 Å². The summed E-state index contributed by atoms with van der Waals surface area (Å²) in [6.45, 7) is 6.19. The quantitative estimate of drug-likeness (QED) is 0.686. The summed E-state index contributed by atoms with van der Waals surface area (Å²) in [4.78, 5) is 7.01. The monoisotopic (exact) mass is 377 g/mol. The molecule has 1 fully saturated rings. The van der Waals surface area contributed by atoms with Crippen molar-refractivity contribution in [3.8, 4) is 11.3 Å². The zero-order valence-electron chi connectivity index (χ0n) is 16.1. The molecule has 0 unspecified atom stereocenters. The van der Waals surface area contributed by atoms with Gasteiger partial charge in [0.2, 0.25) is 0 Å². The van der Waals surface area contributed by atoms with E-state index in [2.05, 4.69) is 45.6 Å². The molecule has 28 heavy (non-hydrogen) atoms. The number of imidazole rings is 1. The lowest BCUT2D eigenvalue weighted by atomic mass is 10.0. The Morgan fingerprint density at radius 3 is 2.82 bits per heavy atom. The number of hydrogen-bond acceptors (Lipinski definition) is 3. The largest absolute Gasteiger partial charge is 0.364 e. The van der Waals surface area contributed by atoms with Gasteiger partial charge < -0.3 is 9.30 Å². The minimum absolute atomic E-state index is 0.174. The van der Waals surface area contributed by atoms with Crippen molar-refractivity contribution < 1.29 is 9.13 Å². The molecule has 1 atom stereocenters. The fourth-order valence-electron chi connectivity index (χ4n) is 4.45. The van der Waals surface area contributed by atoms with E-state index in [1.165, 1.54) is 29.0 Å². The highest BCUT2D eigenvalue weighted by Crippen LogP contribution is 2.35. The molecule has 1 spiro atoms. The molecule has 144 valence electrons. The summed E-state index contributed by atoms with van der Waals surface area (Å²) < 4.78 is 21.8. The second-order valence-electron chi connectivity index (χ2n) is 8.07. The minimum atomic E-state index is -0.187. The van der Waals surface area contributed by atoms with Gasteiger partial charge in [0.15, 0.2) is 0 Å². The lowest BCUT2D eigenvalue weighted by molar-refractivity contribution is -0.0821. The molecular weight excluding hydrogens is 353 g/mol. The average Bonchev–Trinajstić information content (AvgIpc) is 3.28. The number of likely N-dealkylation sites (tertiary alicyclic amines) is 1. The molecule has 0 N–H and O–H groups in total. The maximum Gasteiger partial charge on any atom is 0.135 e. The van der Waals surface area contributed by atoms with Gasteiger partial charge in [0.05, 0.1) is 18.4 Å². The van der Waals surface area contributed by atoms with Crippen molar-refractivity contribution in [2.75, 3.05) is 13.1 Å². The van der Waals surface area contributed by atoms with Gasteiger partial charge in [-0.05, 0) is 37.1 Å². The first-order chi connectivity index (χ1) is 13.6. The Labute approximate surface area is 164 Å². The second kappa shape index (κ2) is 6.83. The molecule has 0 amide bonds. The molecule has 2 aliphatic heterocycles. The summed E-state index contributed by atoms with van der Waals surface area (Å²) in [5, 5.41) is 0.